The van der Waals surface area contributed by atoms with Crippen LogP contribution in [-0.4, -0.2) is 24.0 Å². The molecule has 0 saturated carbocycles. The summed E-state index contributed by atoms with van der Waals surface area (Å²) in [5, 5.41) is 2.57. The first-order valence-corrected chi connectivity index (χ1v) is 6.11. The summed E-state index contributed by atoms with van der Waals surface area (Å²) in [5.41, 5.74) is -0.234. The summed E-state index contributed by atoms with van der Waals surface area (Å²) in [6.45, 7) is 0.385. The average molecular weight is 284 g/mol. The molecule has 6 nitrogen and oxygen atoms in total. The van der Waals surface area contributed by atoms with Crippen LogP contribution in [0.15, 0.2) is 52.1 Å². The van der Waals surface area contributed by atoms with Gasteiger partial charge in [-0.05, 0) is 18.2 Å². The maximum absolute atomic E-state index is 11.6. The first-order valence-electron chi connectivity index (χ1n) is 6.11. The largest absolute Gasteiger partial charge is 0.479 e. The molecule has 0 unspecified atom stereocenters. The van der Waals surface area contributed by atoms with Crippen molar-refractivity contribution in [3.8, 4) is 17.6 Å². The van der Waals surface area contributed by atoms with E-state index in [0.29, 0.717) is 5.75 Å². The summed E-state index contributed by atoms with van der Waals surface area (Å²) in [6, 6.07) is 6.11. The Labute approximate surface area is 120 Å². The minimum Gasteiger partial charge on any atom is -0.479 e. The highest BCUT2D eigenvalue weighted by atomic mass is 16.5. The van der Waals surface area contributed by atoms with E-state index in [1.165, 1.54) is 12.1 Å². The Balaban J connectivity index is 1.72. The molecule has 2 heterocycles. The third kappa shape index (κ3) is 4.84. The van der Waals surface area contributed by atoms with Gasteiger partial charge in [-0.15, -0.1) is 0 Å². The van der Waals surface area contributed by atoms with E-state index in [1.807, 2.05) is 0 Å². The van der Waals surface area contributed by atoms with Crippen molar-refractivity contribution in [2.24, 2.45) is 0 Å². The van der Waals surface area contributed by atoms with E-state index >= 15 is 0 Å². The van der Waals surface area contributed by atoms with Gasteiger partial charge in [0.05, 0.1) is 18.3 Å². The van der Waals surface area contributed by atoms with Crippen LogP contribution < -0.4 is 15.7 Å². The van der Waals surface area contributed by atoms with Gasteiger partial charge in [0.25, 0.3) is 5.91 Å². The molecule has 2 aromatic rings. The average Bonchev–Trinajstić information content (AvgIpc) is 2.52. The molecule has 0 bridgehead atoms. The lowest BCUT2D eigenvalue weighted by atomic mass is 10.3. The number of ether oxygens (including phenoxy) is 1. The number of nitrogens with one attached hydrogen (secondary N) is 1. The van der Waals surface area contributed by atoms with Crippen LogP contribution in [0.25, 0.3) is 0 Å². The number of nitrogens with zero attached hydrogens (tertiary/aromatic N) is 1. The van der Waals surface area contributed by atoms with Gasteiger partial charge in [0.2, 0.25) is 0 Å². The molecule has 0 aliphatic heterocycles. The summed E-state index contributed by atoms with van der Waals surface area (Å²) in [4.78, 5) is 26.3. The van der Waals surface area contributed by atoms with E-state index in [-0.39, 0.29) is 24.6 Å². The fraction of sp³-hybridized carbons (Fsp3) is 0.133. The summed E-state index contributed by atoms with van der Waals surface area (Å²) in [7, 11) is 0. The van der Waals surface area contributed by atoms with E-state index in [9.17, 15) is 9.59 Å². The van der Waals surface area contributed by atoms with Gasteiger partial charge in [0.1, 0.15) is 18.6 Å². The van der Waals surface area contributed by atoms with Crippen molar-refractivity contribution in [3.05, 3.63) is 58.9 Å². The number of amides is 1. The SMILES string of the molecule is O=C(NCC#CCOc1cccnc1)c1ccc(=O)oc1. The molecule has 21 heavy (non-hydrogen) atoms. The molecule has 0 aliphatic carbocycles. The van der Waals surface area contributed by atoms with Crippen LogP contribution in [0.5, 0.6) is 5.75 Å². The predicted octanol–water partition coefficient (Wildman–Crippen LogP) is 0.847. The summed E-state index contributed by atoms with van der Waals surface area (Å²) in [5.74, 6) is 5.78. The normalized spacial score (nSPS) is 9.33. The molecule has 0 radical (unpaired) electrons. The number of aromatic nitrogens is 1. The number of rotatable bonds is 4. The van der Waals surface area contributed by atoms with Crippen LogP contribution in [0.4, 0.5) is 0 Å². The Morgan fingerprint density at radius 2 is 2.24 bits per heavy atom. The standard InChI is InChI=1S/C15H12N2O4/c18-14-6-5-12(11-21-14)15(19)17-8-1-2-9-20-13-4-3-7-16-10-13/h3-7,10-11H,8-9H2,(H,17,19). The van der Waals surface area contributed by atoms with Crippen LogP contribution in [0.1, 0.15) is 10.4 Å². The molecule has 0 aromatic carbocycles. The zero-order valence-corrected chi connectivity index (χ0v) is 11.0. The highest BCUT2D eigenvalue weighted by molar-refractivity contribution is 5.93. The number of hydrogen-bond acceptors (Lipinski definition) is 5. The zero-order valence-electron chi connectivity index (χ0n) is 11.0. The van der Waals surface area contributed by atoms with Crippen LogP contribution >= 0.6 is 0 Å². The van der Waals surface area contributed by atoms with Crippen LogP contribution in [0.3, 0.4) is 0 Å². The van der Waals surface area contributed by atoms with E-state index in [4.69, 9.17) is 4.74 Å². The van der Waals surface area contributed by atoms with Crippen molar-refractivity contribution in [2.45, 2.75) is 0 Å². The van der Waals surface area contributed by atoms with Gasteiger partial charge in [0.15, 0.2) is 0 Å². The number of carbonyl (C=O) groups is 1. The van der Waals surface area contributed by atoms with Gasteiger partial charge >= 0.3 is 5.63 Å². The smallest absolute Gasteiger partial charge is 0.335 e. The zero-order chi connectivity index (χ0) is 14.9. The molecule has 1 N–H and O–H groups in total. The van der Waals surface area contributed by atoms with E-state index in [2.05, 4.69) is 26.6 Å². The van der Waals surface area contributed by atoms with Gasteiger partial charge in [-0.3, -0.25) is 9.78 Å². The molecule has 0 spiro atoms. The maximum Gasteiger partial charge on any atom is 0.335 e. The Bertz CT molecular complexity index is 693. The highest BCUT2D eigenvalue weighted by Crippen LogP contribution is 2.04. The van der Waals surface area contributed by atoms with Gasteiger partial charge in [-0.1, -0.05) is 11.8 Å². The van der Waals surface area contributed by atoms with Crippen molar-refractivity contribution in [3.63, 3.8) is 0 Å². The monoisotopic (exact) mass is 284 g/mol. The molecule has 2 rings (SSSR count). The fourth-order valence-electron chi connectivity index (χ4n) is 1.38. The lowest BCUT2D eigenvalue weighted by molar-refractivity contribution is 0.0956. The van der Waals surface area contributed by atoms with Gasteiger partial charge < -0.3 is 14.5 Å². The molecular weight excluding hydrogens is 272 g/mol. The quantitative estimate of drug-likeness (QED) is 0.842. The van der Waals surface area contributed by atoms with Crippen molar-refractivity contribution < 1.29 is 13.9 Å². The third-order valence-electron chi connectivity index (χ3n) is 2.37. The van der Waals surface area contributed by atoms with E-state index in [1.54, 1.807) is 24.5 Å². The second-order valence-electron chi connectivity index (χ2n) is 3.86. The Morgan fingerprint density at radius 1 is 1.33 bits per heavy atom. The molecule has 106 valence electrons. The molecule has 0 fully saturated rings. The lowest BCUT2D eigenvalue weighted by Gasteiger charge is -2.00. The summed E-state index contributed by atoms with van der Waals surface area (Å²) in [6.07, 6.45) is 4.35. The maximum atomic E-state index is 11.6. The lowest BCUT2D eigenvalue weighted by Crippen LogP contribution is -2.23. The minimum absolute atomic E-state index is 0.175. The Hall–Kier alpha value is -3.07. The molecular formula is C15H12N2O4. The molecule has 0 atom stereocenters. The van der Waals surface area contributed by atoms with Gasteiger partial charge in [0, 0.05) is 12.3 Å². The van der Waals surface area contributed by atoms with Crippen molar-refractivity contribution in [1.29, 1.82) is 0 Å². The topological polar surface area (TPSA) is 81.4 Å². The summed E-state index contributed by atoms with van der Waals surface area (Å²) >= 11 is 0. The second kappa shape index (κ2) is 7.50. The fourth-order valence-corrected chi connectivity index (χ4v) is 1.38. The predicted molar refractivity (Wildman–Crippen MR) is 74.8 cm³/mol. The molecule has 1 amide bonds. The molecule has 6 heteroatoms. The van der Waals surface area contributed by atoms with Crippen molar-refractivity contribution >= 4 is 5.91 Å². The first kappa shape index (κ1) is 14.3. The Kier molecular flexibility index (Phi) is 5.12. The third-order valence-corrected chi connectivity index (χ3v) is 2.37. The summed E-state index contributed by atoms with van der Waals surface area (Å²) < 4.78 is 9.91. The van der Waals surface area contributed by atoms with Crippen molar-refractivity contribution in [2.75, 3.05) is 13.2 Å². The number of carbonyl (C=O) groups excluding carboxylic acids is 1. The first-order chi connectivity index (χ1) is 10.3. The van der Waals surface area contributed by atoms with Gasteiger partial charge in [-0.25, -0.2) is 4.79 Å². The molecule has 0 aliphatic rings. The molecule has 2 aromatic heterocycles. The van der Waals surface area contributed by atoms with E-state index in [0.717, 1.165) is 6.26 Å². The number of hydrogen-bond donors (Lipinski definition) is 1. The van der Waals surface area contributed by atoms with Crippen molar-refractivity contribution in [1.82, 2.24) is 10.3 Å². The Morgan fingerprint density at radius 3 is 2.95 bits per heavy atom. The highest BCUT2D eigenvalue weighted by Gasteiger charge is 2.03. The van der Waals surface area contributed by atoms with Gasteiger partial charge in [-0.2, -0.15) is 0 Å². The number of pyridine rings is 1. The van der Waals surface area contributed by atoms with Crippen LogP contribution in [0, 0.1) is 11.8 Å². The second-order valence-corrected chi connectivity index (χ2v) is 3.86. The van der Waals surface area contributed by atoms with E-state index < -0.39 is 5.63 Å². The van der Waals surface area contributed by atoms with Crippen LogP contribution in [0.2, 0.25) is 0 Å². The van der Waals surface area contributed by atoms with Crippen LogP contribution in [-0.2, 0) is 0 Å². The molecule has 0 saturated heterocycles. The minimum atomic E-state index is -0.501.